The molecule has 2 aromatic heterocycles. The number of rotatable bonds is 9. The molecule has 0 spiro atoms. The Labute approximate surface area is 267 Å². The Bertz CT molecular complexity index is 1580. The van der Waals surface area contributed by atoms with Crippen molar-refractivity contribution in [3.05, 3.63) is 27.4 Å². The van der Waals surface area contributed by atoms with Crippen molar-refractivity contribution in [3.8, 4) is 0 Å². The number of nitrogens with one attached hydrogen (secondary N) is 3. The third-order valence-corrected chi connectivity index (χ3v) is 10.4. The van der Waals surface area contributed by atoms with Gasteiger partial charge in [0.2, 0.25) is 0 Å². The molecule has 0 aliphatic carbocycles. The maximum absolute atomic E-state index is 13.8. The quantitative estimate of drug-likeness (QED) is 0.171. The molecule has 3 aliphatic heterocycles. The number of aromatic nitrogens is 3. The zero-order chi connectivity index (χ0) is 31.9. The number of hydrazine groups is 1. The largest absolute Gasteiger partial charge is 0.477 e. The summed E-state index contributed by atoms with van der Waals surface area (Å²) in [5.74, 6) is -2.43. The number of anilines is 1. The molecule has 5 amide bonds. The van der Waals surface area contributed by atoms with Crippen LogP contribution in [0.15, 0.2) is 21.0 Å². The number of urea groups is 1. The van der Waals surface area contributed by atoms with Crippen LogP contribution in [-0.2, 0) is 19.1 Å². The summed E-state index contributed by atoms with van der Waals surface area (Å²) in [7, 11) is 0. The number of carboxylic acid groups (broad SMARTS) is 1. The minimum atomic E-state index is -1.29. The molecule has 234 valence electrons. The van der Waals surface area contributed by atoms with Crippen LogP contribution < -0.4 is 10.6 Å². The summed E-state index contributed by atoms with van der Waals surface area (Å²) < 4.78 is 5.87. The molecule has 44 heavy (non-hydrogen) atoms. The van der Waals surface area contributed by atoms with E-state index in [2.05, 4.69) is 25.8 Å². The van der Waals surface area contributed by atoms with Crippen molar-refractivity contribution in [1.82, 2.24) is 35.4 Å². The predicted molar refractivity (Wildman–Crippen MR) is 163 cm³/mol. The molecule has 0 bridgehead atoms. The lowest BCUT2D eigenvalue weighted by molar-refractivity contribution is -0.169. The van der Waals surface area contributed by atoms with Crippen LogP contribution in [-0.4, -0.2) is 112 Å². The van der Waals surface area contributed by atoms with Gasteiger partial charge in [0.05, 0.1) is 6.54 Å². The number of thioether (sulfide) groups is 2. The number of ether oxygens (including phenoxy) is 1. The lowest BCUT2D eigenvalue weighted by Gasteiger charge is -2.53. The van der Waals surface area contributed by atoms with Crippen molar-refractivity contribution >= 4 is 86.9 Å². The first-order chi connectivity index (χ1) is 20.7. The van der Waals surface area contributed by atoms with Crippen molar-refractivity contribution in [2.75, 3.05) is 29.9 Å². The van der Waals surface area contributed by atoms with Crippen LogP contribution in [0.2, 0.25) is 0 Å². The van der Waals surface area contributed by atoms with Gasteiger partial charge in [0.1, 0.15) is 33.1 Å². The van der Waals surface area contributed by atoms with Crippen molar-refractivity contribution in [3.63, 3.8) is 0 Å². The number of hydrogen-bond acceptors (Lipinski definition) is 14. The van der Waals surface area contributed by atoms with Crippen LogP contribution in [0.1, 0.15) is 31.5 Å². The van der Waals surface area contributed by atoms with Crippen molar-refractivity contribution < 1.29 is 33.8 Å². The first-order valence-corrected chi connectivity index (χ1v) is 16.7. The number of carboxylic acids is 1. The van der Waals surface area contributed by atoms with Gasteiger partial charge in [0.25, 0.3) is 11.8 Å². The van der Waals surface area contributed by atoms with Crippen LogP contribution in [0.25, 0.3) is 0 Å². The molecule has 1 unspecified atom stereocenters. The monoisotopic (exact) mass is 681 g/mol. The van der Waals surface area contributed by atoms with Gasteiger partial charge < -0.3 is 15.2 Å². The van der Waals surface area contributed by atoms with E-state index in [0.717, 1.165) is 31.3 Å². The van der Waals surface area contributed by atoms with E-state index in [0.29, 0.717) is 9.91 Å². The molecule has 3 aliphatic rings. The lowest BCUT2D eigenvalue weighted by Crippen LogP contribution is -2.74. The standard InChI is InChI=1S/C24H27N9O7S4/c1-10-29-30-23(44-10)43-8-11-7-41-18-15(17(35)32(18)14(11)19(36)37)33(31-6-5-26-21(31)38)16(34)13(25)12-9-42-20(27-12)28-22(39)40-24(2,3)4/h9,15,18,25H,5-8H2,1-4H3,(H,26,38)(H,36,37)(H,27,28,39)/t15?,18-/m0/s1. The number of carbonyl (C=O) groups excluding carboxylic acids is 4. The van der Waals surface area contributed by atoms with Crippen molar-refractivity contribution in [2.45, 2.75) is 49.1 Å². The third kappa shape index (κ3) is 6.37. The minimum absolute atomic E-state index is 0.0479. The van der Waals surface area contributed by atoms with E-state index in [9.17, 15) is 29.1 Å². The van der Waals surface area contributed by atoms with Gasteiger partial charge in [-0.15, -0.1) is 33.3 Å². The summed E-state index contributed by atoms with van der Waals surface area (Å²) in [6, 6.07) is -1.88. The number of carbonyl (C=O) groups is 5. The molecule has 2 aromatic rings. The van der Waals surface area contributed by atoms with E-state index < -0.39 is 52.6 Å². The molecule has 0 aromatic carbocycles. The summed E-state index contributed by atoms with van der Waals surface area (Å²) in [6.07, 6.45) is -0.764. The number of fused-ring (bicyclic) bond motifs is 1. The Kier molecular flexibility index (Phi) is 8.87. The van der Waals surface area contributed by atoms with Gasteiger partial charge in [-0.2, -0.15) is 0 Å². The van der Waals surface area contributed by atoms with Gasteiger partial charge in [-0.05, 0) is 33.3 Å². The van der Waals surface area contributed by atoms with Crippen LogP contribution in [0, 0.1) is 12.3 Å². The second kappa shape index (κ2) is 12.3. The van der Waals surface area contributed by atoms with Gasteiger partial charge in [-0.25, -0.2) is 29.4 Å². The smallest absolute Gasteiger partial charge is 0.413 e. The molecule has 20 heteroatoms. The van der Waals surface area contributed by atoms with Crippen molar-refractivity contribution in [1.29, 1.82) is 5.41 Å². The third-order valence-electron chi connectivity index (χ3n) is 6.25. The first kappa shape index (κ1) is 31.7. The number of hydrogen-bond donors (Lipinski definition) is 4. The summed E-state index contributed by atoms with van der Waals surface area (Å²) in [5, 5.41) is 35.1. The van der Waals surface area contributed by atoms with Gasteiger partial charge >= 0.3 is 18.1 Å². The highest BCUT2D eigenvalue weighted by atomic mass is 32.2. The molecular weight excluding hydrogens is 655 g/mol. The molecule has 4 N–H and O–H groups in total. The molecule has 2 saturated heterocycles. The second-order valence-corrected chi connectivity index (χ2v) is 14.9. The van der Waals surface area contributed by atoms with E-state index in [1.165, 1.54) is 40.2 Å². The number of amides is 5. The fourth-order valence-electron chi connectivity index (χ4n) is 4.47. The van der Waals surface area contributed by atoms with Crippen molar-refractivity contribution in [2.24, 2.45) is 0 Å². The van der Waals surface area contributed by atoms with E-state index in [-0.39, 0.29) is 41.1 Å². The maximum Gasteiger partial charge on any atom is 0.413 e. The summed E-state index contributed by atoms with van der Waals surface area (Å²) in [4.78, 5) is 69.9. The van der Waals surface area contributed by atoms with Crippen LogP contribution in [0.4, 0.5) is 14.7 Å². The average molecular weight is 682 g/mol. The Morgan fingerprint density at radius 2 is 2.05 bits per heavy atom. The fraction of sp³-hybridized carbons (Fsp3) is 0.458. The summed E-state index contributed by atoms with van der Waals surface area (Å²) in [5.41, 5.74) is -1.12. The topological polar surface area (TPSA) is 211 Å². The van der Waals surface area contributed by atoms with Crippen LogP contribution in [0.5, 0.6) is 0 Å². The maximum atomic E-state index is 13.8. The minimum Gasteiger partial charge on any atom is -0.477 e. The van der Waals surface area contributed by atoms with Gasteiger partial charge in [0, 0.05) is 23.4 Å². The van der Waals surface area contributed by atoms with E-state index in [1.807, 2.05) is 6.92 Å². The van der Waals surface area contributed by atoms with E-state index >= 15 is 0 Å². The molecule has 16 nitrogen and oxygen atoms in total. The highest BCUT2D eigenvalue weighted by molar-refractivity contribution is 8.01. The Balaban J connectivity index is 1.37. The number of β-lactam (4-membered cyclic amide) rings is 1. The molecule has 2 atom stereocenters. The summed E-state index contributed by atoms with van der Waals surface area (Å²) in [6.45, 7) is 7.14. The number of nitrogens with zero attached hydrogens (tertiary/aromatic N) is 6. The van der Waals surface area contributed by atoms with E-state index in [1.54, 1.807) is 20.8 Å². The number of thiazole rings is 1. The average Bonchev–Trinajstić information content (AvgIpc) is 3.69. The number of aliphatic carboxylic acids is 1. The number of aryl methyl sites for hydroxylation is 1. The molecule has 0 radical (unpaired) electrons. The first-order valence-electron chi connectivity index (χ1n) is 13.0. The second-order valence-electron chi connectivity index (χ2n) is 10.5. The normalized spacial score (nSPS) is 19.7. The highest BCUT2D eigenvalue weighted by Crippen LogP contribution is 2.44. The van der Waals surface area contributed by atoms with E-state index in [4.69, 9.17) is 10.1 Å². The fourth-order valence-corrected chi connectivity index (χ4v) is 8.49. The molecule has 0 saturated carbocycles. The van der Waals surface area contributed by atoms with Gasteiger partial charge in [0.15, 0.2) is 15.5 Å². The van der Waals surface area contributed by atoms with Gasteiger partial charge in [-0.3, -0.25) is 25.2 Å². The molecule has 5 rings (SSSR count). The van der Waals surface area contributed by atoms with Crippen LogP contribution >= 0.6 is 46.2 Å². The van der Waals surface area contributed by atoms with Crippen LogP contribution in [0.3, 0.4) is 0 Å². The highest BCUT2D eigenvalue weighted by Gasteiger charge is 2.59. The Morgan fingerprint density at radius 1 is 1.30 bits per heavy atom. The molecule has 5 heterocycles. The Morgan fingerprint density at radius 3 is 2.66 bits per heavy atom. The molecular formula is C24H27N9O7S4. The predicted octanol–water partition coefficient (Wildman–Crippen LogP) is 2.20. The summed E-state index contributed by atoms with van der Waals surface area (Å²) >= 11 is 4.92. The van der Waals surface area contributed by atoms with Gasteiger partial charge in [-0.1, -0.05) is 23.1 Å². The lowest BCUT2D eigenvalue weighted by atomic mass is 10.0. The molecule has 2 fully saturated rings. The Hall–Kier alpha value is -3.75. The zero-order valence-corrected chi connectivity index (χ0v) is 27.0. The zero-order valence-electron chi connectivity index (χ0n) is 23.8. The SMILES string of the molecule is Cc1nnc(SCC2=C(C(=O)O)N3C(=O)C(N(C(=O)C(=N)c4csc(NC(=O)OC(C)(C)C)n4)N4CCNC4=O)[C@@H]3SC2)s1.